The van der Waals surface area contributed by atoms with E-state index in [0.29, 0.717) is 0 Å². The number of hydrogen-bond acceptors (Lipinski definition) is 3. The van der Waals surface area contributed by atoms with Crippen LogP contribution in [0.5, 0.6) is 0 Å². The van der Waals surface area contributed by atoms with Gasteiger partial charge in [-0.25, -0.2) is 10.2 Å². The van der Waals surface area contributed by atoms with Crippen molar-refractivity contribution in [2.24, 2.45) is 5.10 Å². The molecule has 0 bridgehead atoms. The minimum atomic E-state index is -0.528. The molecule has 4 heteroatoms. The molecule has 0 saturated carbocycles. The molecule has 10 heavy (non-hydrogen) atoms. The van der Waals surface area contributed by atoms with E-state index in [1.165, 1.54) is 24.3 Å². The van der Waals surface area contributed by atoms with Crippen molar-refractivity contribution in [1.29, 1.82) is 0 Å². The predicted octanol–water partition coefficient (Wildman–Crippen LogP) is -0.584. The van der Waals surface area contributed by atoms with Crippen molar-refractivity contribution in [3.05, 3.63) is 17.7 Å². The van der Waals surface area contributed by atoms with Gasteiger partial charge in [-0.05, 0) is 12.2 Å². The topological polar surface area (TPSA) is 58.5 Å². The minimum absolute atomic E-state index is 0.0440. The Hall–Kier alpha value is -1.67. The van der Waals surface area contributed by atoms with E-state index in [9.17, 15) is 9.59 Å². The highest BCUT2D eigenvalue weighted by Gasteiger charge is 2.06. The molecule has 1 heterocycles. The first-order valence-corrected chi connectivity index (χ1v) is 2.60. The first-order chi connectivity index (χ1) is 4.84. The van der Waals surface area contributed by atoms with Crippen molar-refractivity contribution in [1.82, 2.24) is 5.43 Å². The number of hydrogen-bond donors (Lipinski definition) is 1. The summed E-state index contributed by atoms with van der Waals surface area (Å²) >= 11 is 0. The van der Waals surface area contributed by atoms with Crippen LogP contribution < -0.4 is 5.43 Å². The molecule has 1 aliphatic heterocycles. The zero-order valence-electron chi connectivity index (χ0n) is 5.00. The number of nitrogens with zero attached hydrogens (tertiary/aromatic N) is 1. The van der Waals surface area contributed by atoms with Crippen LogP contribution in [0.15, 0.2) is 22.8 Å². The molecule has 1 N–H and O–H groups in total. The van der Waals surface area contributed by atoms with E-state index in [1.54, 1.807) is 0 Å². The third kappa shape index (κ3) is 1.18. The number of allylic oxidation sites excluding steroid dienone is 1. The highest BCUT2D eigenvalue weighted by Crippen LogP contribution is 1.92. The van der Waals surface area contributed by atoms with Crippen LogP contribution >= 0.6 is 0 Å². The number of carbonyl (C=O) groups excluding carboxylic acids is 2. The molecular formula is C6H4N2O2. The molecule has 0 aliphatic carbocycles. The smallest absolute Gasteiger partial charge is 0.267 e. The maximum atomic E-state index is 10.7. The maximum Gasteiger partial charge on any atom is 0.282 e. The second-order valence-electron chi connectivity index (χ2n) is 1.59. The van der Waals surface area contributed by atoms with Crippen LogP contribution in [0.25, 0.3) is 0 Å². The summed E-state index contributed by atoms with van der Waals surface area (Å²) < 4.78 is 0. The van der Waals surface area contributed by atoms with Crippen LogP contribution in [-0.4, -0.2) is 18.1 Å². The van der Waals surface area contributed by atoms with Gasteiger partial charge >= 0.3 is 0 Å². The number of amides is 1. The lowest BCUT2D eigenvalue weighted by atomic mass is 10.3. The molecule has 4 nitrogen and oxygen atoms in total. The highest BCUT2D eigenvalue weighted by atomic mass is 16.2. The molecule has 50 valence electrons. The number of hydrazone groups is 1. The molecule has 0 saturated heterocycles. The first-order valence-electron chi connectivity index (χ1n) is 2.60. The van der Waals surface area contributed by atoms with Gasteiger partial charge in [0.05, 0.1) is 0 Å². The molecule has 1 amide bonds. The monoisotopic (exact) mass is 136 g/mol. The van der Waals surface area contributed by atoms with Gasteiger partial charge in [-0.15, -0.1) is 0 Å². The van der Waals surface area contributed by atoms with E-state index in [-0.39, 0.29) is 5.57 Å². The minimum Gasteiger partial charge on any atom is -0.267 e. The summed E-state index contributed by atoms with van der Waals surface area (Å²) in [4.78, 5) is 20.7. The van der Waals surface area contributed by atoms with E-state index in [4.69, 9.17) is 0 Å². The van der Waals surface area contributed by atoms with E-state index in [1.807, 2.05) is 0 Å². The molecule has 0 unspecified atom stereocenters. The van der Waals surface area contributed by atoms with Crippen molar-refractivity contribution in [3.8, 4) is 0 Å². The Balaban J connectivity index is 2.97. The van der Waals surface area contributed by atoms with Crippen LogP contribution in [0, 0.1) is 0 Å². The lowest BCUT2D eigenvalue weighted by Gasteiger charge is -1.90. The Morgan fingerprint density at radius 3 is 3.10 bits per heavy atom. The summed E-state index contributed by atoms with van der Waals surface area (Å²) in [6.45, 7) is 0. The fraction of sp³-hybridized carbons (Fsp3) is 0. The van der Waals surface area contributed by atoms with Gasteiger partial charge in [-0.3, -0.25) is 4.79 Å². The highest BCUT2D eigenvalue weighted by molar-refractivity contribution is 6.05. The first kappa shape index (κ1) is 6.45. The molecule has 0 atom stereocenters. The van der Waals surface area contributed by atoms with Crippen molar-refractivity contribution in [3.63, 3.8) is 0 Å². The number of carbonyl (C=O) groups is 1. The maximum absolute atomic E-state index is 10.7. The van der Waals surface area contributed by atoms with Crippen molar-refractivity contribution < 1.29 is 9.59 Å². The summed E-state index contributed by atoms with van der Waals surface area (Å²) in [5.74, 6) is 0.954. The van der Waals surface area contributed by atoms with Gasteiger partial charge in [-0.1, -0.05) is 0 Å². The molecule has 1 rings (SSSR count). The van der Waals surface area contributed by atoms with Crippen molar-refractivity contribution in [2.45, 2.75) is 0 Å². The van der Waals surface area contributed by atoms with Gasteiger partial charge in [-0.2, -0.15) is 5.10 Å². The largest absolute Gasteiger partial charge is 0.282 e. The summed E-state index contributed by atoms with van der Waals surface area (Å²) in [6.07, 6.45) is 4.21. The Bertz CT molecular complexity index is 259. The molecule has 0 aromatic rings. The summed E-state index contributed by atoms with van der Waals surface area (Å²) in [6, 6.07) is 0. The Kier molecular flexibility index (Phi) is 1.78. The lowest BCUT2D eigenvalue weighted by molar-refractivity contribution is -0.117. The van der Waals surface area contributed by atoms with Gasteiger partial charge in [0.2, 0.25) is 0 Å². The van der Waals surface area contributed by atoms with Crippen LogP contribution in [0.2, 0.25) is 0 Å². The second kappa shape index (κ2) is 2.75. The lowest BCUT2D eigenvalue weighted by Crippen LogP contribution is -2.17. The van der Waals surface area contributed by atoms with Gasteiger partial charge in [0, 0.05) is 6.21 Å². The third-order valence-electron chi connectivity index (χ3n) is 0.944. The Labute approximate surface area is 56.9 Å². The van der Waals surface area contributed by atoms with E-state index < -0.39 is 5.91 Å². The second-order valence-corrected chi connectivity index (χ2v) is 1.59. The number of rotatable bonds is 0. The molecule has 0 aromatic carbocycles. The zero-order chi connectivity index (χ0) is 7.40. The van der Waals surface area contributed by atoms with Gasteiger partial charge in [0.15, 0.2) is 0 Å². The van der Waals surface area contributed by atoms with E-state index in [2.05, 4.69) is 10.5 Å². The van der Waals surface area contributed by atoms with Crippen molar-refractivity contribution >= 4 is 18.1 Å². The molecule has 0 fully saturated rings. The average Bonchev–Trinajstić information content (AvgIpc) is 2.13. The summed E-state index contributed by atoms with van der Waals surface area (Å²) in [5, 5.41) is 3.44. The summed E-state index contributed by atoms with van der Waals surface area (Å²) in [5.41, 5.74) is 2.07. The molecule has 1 aliphatic rings. The standard InChI is InChI=1S/C6H4N2O2/c9-4-5-2-1-3-7-8-6(5)10/h1-3H,(H,8,10). The average molecular weight is 136 g/mol. The normalized spacial score (nSPS) is 16.0. The van der Waals surface area contributed by atoms with Gasteiger partial charge in [0.1, 0.15) is 11.5 Å². The quantitative estimate of drug-likeness (QED) is 0.357. The summed E-state index contributed by atoms with van der Waals surface area (Å²) in [7, 11) is 0. The Morgan fingerprint density at radius 2 is 2.40 bits per heavy atom. The fourth-order valence-corrected chi connectivity index (χ4v) is 0.494. The molecular weight excluding hydrogens is 132 g/mol. The van der Waals surface area contributed by atoms with Crippen LogP contribution in [0.1, 0.15) is 0 Å². The number of nitrogens with one attached hydrogen (secondary N) is 1. The van der Waals surface area contributed by atoms with E-state index in [0.717, 1.165) is 0 Å². The van der Waals surface area contributed by atoms with Gasteiger partial charge < -0.3 is 0 Å². The Morgan fingerprint density at radius 1 is 1.60 bits per heavy atom. The van der Waals surface area contributed by atoms with Crippen LogP contribution in [-0.2, 0) is 9.59 Å². The molecule has 0 aromatic heterocycles. The van der Waals surface area contributed by atoms with E-state index >= 15 is 0 Å². The predicted molar refractivity (Wildman–Crippen MR) is 35.0 cm³/mol. The van der Waals surface area contributed by atoms with Gasteiger partial charge in [0.25, 0.3) is 5.91 Å². The zero-order valence-corrected chi connectivity index (χ0v) is 5.00. The molecule has 0 spiro atoms. The van der Waals surface area contributed by atoms with Crippen LogP contribution in [0.4, 0.5) is 0 Å². The fourth-order valence-electron chi connectivity index (χ4n) is 0.494. The van der Waals surface area contributed by atoms with Crippen LogP contribution in [0.3, 0.4) is 0 Å². The SMILES string of the molecule is O=C=C1C=CC=NNC1=O. The third-order valence-corrected chi connectivity index (χ3v) is 0.944. The van der Waals surface area contributed by atoms with Crippen molar-refractivity contribution in [2.75, 3.05) is 0 Å². The molecule has 0 radical (unpaired) electrons.